The number of fused-ring (bicyclic) bond motifs is 4. The quantitative estimate of drug-likeness (QED) is 0.143. The van der Waals surface area contributed by atoms with Crippen LogP contribution in [0.1, 0.15) is 0 Å². The molecule has 0 saturated carbocycles. The van der Waals surface area contributed by atoms with Crippen LogP contribution in [0.15, 0.2) is 241 Å². The SMILES string of the molecule is c1ccc(-c2cccc(-c3ccc(N(c4ccc(-c5cccc(-c6cc7ccccc7o6)c5)cc4)c4ccc(-c5ccc6c(ccc7ccccc76)c5)cc4)cc3)c2)cc1. The molecule has 0 N–H and O–H groups in total. The van der Waals surface area contributed by atoms with Crippen LogP contribution in [0, 0.1) is 0 Å². The number of hydrogen-bond donors (Lipinski definition) is 0. The van der Waals surface area contributed by atoms with Gasteiger partial charge in [0.05, 0.1) is 0 Å². The molecular weight excluding hydrogens is 727 g/mol. The molecule has 0 bridgehead atoms. The zero-order valence-electron chi connectivity index (χ0n) is 32.9. The molecule has 11 rings (SSSR count). The maximum Gasteiger partial charge on any atom is 0.135 e. The summed E-state index contributed by atoms with van der Waals surface area (Å²) >= 11 is 0. The van der Waals surface area contributed by atoms with E-state index < -0.39 is 0 Å². The molecule has 282 valence electrons. The molecule has 10 aromatic carbocycles. The van der Waals surface area contributed by atoms with E-state index in [0.717, 1.165) is 50.5 Å². The van der Waals surface area contributed by atoms with Crippen molar-refractivity contribution >= 4 is 49.6 Å². The predicted octanol–water partition coefficient (Wildman–Crippen LogP) is 16.5. The highest BCUT2D eigenvalue weighted by molar-refractivity contribution is 6.08. The molecule has 0 aliphatic rings. The molecule has 0 aliphatic heterocycles. The van der Waals surface area contributed by atoms with Crippen LogP contribution < -0.4 is 4.90 Å². The summed E-state index contributed by atoms with van der Waals surface area (Å²) in [5.74, 6) is 0.872. The minimum Gasteiger partial charge on any atom is -0.456 e. The number of para-hydroxylation sites is 1. The predicted molar refractivity (Wildman–Crippen MR) is 253 cm³/mol. The van der Waals surface area contributed by atoms with Crippen LogP contribution in [0.5, 0.6) is 0 Å². The zero-order chi connectivity index (χ0) is 39.8. The van der Waals surface area contributed by atoms with Crippen molar-refractivity contribution < 1.29 is 4.42 Å². The highest BCUT2D eigenvalue weighted by Gasteiger charge is 2.15. The molecule has 0 fully saturated rings. The Bertz CT molecular complexity index is 3260. The van der Waals surface area contributed by atoms with Crippen molar-refractivity contribution in [3.8, 4) is 55.8 Å². The van der Waals surface area contributed by atoms with E-state index in [0.29, 0.717) is 0 Å². The van der Waals surface area contributed by atoms with E-state index >= 15 is 0 Å². The zero-order valence-corrected chi connectivity index (χ0v) is 32.9. The van der Waals surface area contributed by atoms with Gasteiger partial charge in [-0.25, -0.2) is 0 Å². The lowest BCUT2D eigenvalue weighted by atomic mass is 9.97. The maximum absolute atomic E-state index is 6.22. The topological polar surface area (TPSA) is 16.4 Å². The van der Waals surface area contributed by atoms with Gasteiger partial charge < -0.3 is 9.32 Å². The summed E-state index contributed by atoms with van der Waals surface area (Å²) in [5, 5.41) is 6.18. The number of nitrogens with zero attached hydrogens (tertiary/aromatic N) is 1. The smallest absolute Gasteiger partial charge is 0.135 e. The number of anilines is 3. The van der Waals surface area contributed by atoms with Gasteiger partial charge in [-0.15, -0.1) is 0 Å². The van der Waals surface area contributed by atoms with E-state index in [1.807, 2.05) is 18.2 Å². The third-order valence-electron chi connectivity index (χ3n) is 11.7. The molecule has 2 nitrogen and oxygen atoms in total. The number of hydrogen-bond acceptors (Lipinski definition) is 2. The van der Waals surface area contributed by atoms with Crippen LogP contribution in [0.4, 0.5) is 17.1 Å². The van der Waals surface area contributed by atoms with Crippen molar-refractivity contribution in [3.05, 3.63) is 237 Å². The molecule has 1 heterocycles. The molecule has 0 unspecified atom stereocenters. The van der Waals surface area contributed by atoms with Gasteiger partial charge in [0.1, 0.15) is 11.3 Å². The third-order valence-corrected chi connectivity index (χ3v) is 11.7. The lowest BCUT2D eigenvalue weighted by Crippen LogP contribution is -2.09. The summed E-state index contributed by atoms with van der Waals surface area (Å²) in [6, 6.07) is 84.9. The Morgan fingerprint density at radius 2 is 0.683 bits per heavy atom. The monoisotopic (exact) mass is 765 g/mol. The van der Waals surface area contributed by atoms with Gasteiger partial charge in [0, 0.05) is 28.0 Å². The van der Waals surface area contributed by atoms with Crippen molar-refractivity contribution in [1.82, 2.24) is 0 Å². The molecule has 60 heavy (non-hydrogen) atoms. The minimum absolute atomic E-state index is 0.872. The Morgan fingerprint density at radius 3 is 1.30 bits per heavy atom. The summed E-state index contributed by atoms with van der Waals surface area (Å²) < 4.78 is 6.22. The summed E-state index contributed by atoms with van der Waals surface area (Å²) in [5.41, 5.74) is 14.7. The summed E-state index contributed by atoms with van der Waals surface area (Å²) in [6.07, 6.45) is 0. The first kappa shape index (κ1) is 35.2. The third kappa shape index (κ3) is 6.70. The maximum atomic E-state index is 6.22. The van der Waals surface area contributed by atoms with Crippen molar-refractivity contribution in [2.45, 2.75) is 0 Å². The van der Waals surface area contributed by atoms with Gasteiger partial charge in [-0.1, -0.05) is 170 Å². The van der Waals surface area contributed by atoms with Gasteiger partial charge in [-0.05, 0) is 133 Å². The van der Waals surface area contributed by atoms with Crippen LogP contribution in [0.3, 0.4) is 0 Å². The molecule has 0 spiro atoms. The van der Waals surface area contributed by atoms with Crippen molar-refractivity contribution in [1.29, 1.82) is 0 Å². The van der Waals surface area contributed by atoms with Crippen molar-refractivity contribution in [3.63, 3.8) is 0 Å². The summed E-state index contributed by atoms with van der Waals surface area (Å²) in [6.45, 7) is 0. The van der Waals surface area contributed by atoms with E-state index in [9.17, 15) is 0 Å². The first-order valence-corrected chi connectivity index (χ1v) is 20.5. The Morgan fingerprint density at radius 1 is 0.250 bits per heavy atom. The Labute approximate surface area is 349 Å². The van der Waals surface area contributed by atoms with Crippen molar-refractivity contribution in [2.75, 3.05) is 4.90 Å². The number of benzene rings is 10. The Balaban J connectivity index is 0.940. The van der Waals surface area contributed by atoms with Gasteiger partial charge in [-0.3, -0.25) is 0 Å². The molecule has 2 heteroatoms. The lowest BCUT2D eigenvalue weighted by Gasteiger charge is -2.26. The molecule has 11 aromatic rings. The van der Waals surface area contributed by atoms with Crippen LogP contribution in [-0.2, 0) is 0 Å². The average molecular weight is 766 g/mol. The number of furan rings is 1. The van der Waals surface area contributed by atoms with E-state index in [1.165, 1.54) is 54.9 Å². The van der Waals surface area contributed by atoms with Crippen LogP contribution >= 0.6 is 0 Å². The van der Waals surface area contributed by atoms with Crippen LogP contribution in [-0.4, -0.2) is 0 Å². The average Bonchev–Trinajstić information content (AvgIpc) is 3.77. The highest BCUT2D eigenvalue weighted by Crippen LogP contribution is 2.39. The van der Waals surface area contributed by atoms with E-state index in [-0.39, 0.29) is 0 Å². The fraction of sp³-hybridized carbons (Fsp3) is 0. The number of rotatable bonds is 8. The summed E-state index contributed by atoms with van der Waals surface area (Å²) in [4.78, 5) is 2.34. The van der Waals surface area contributed by atoms with Crippen LogP contribution in [0.2, 0.25) is 0 Å². The molecule has 0 radical (unpaired) electrons. The Hall–Kier alpha value is -7.94. The standard InChI is InChI=1S/C58H39NO/c1-2-10-40(11-3-1)45-14-8-15-46(36-45)41-22-29-52(30-23-41)59(54-33-26-43(27-34-54)48-28-35-56-49(37-48)21-20-44-12-4-6-18-55(44)56)53-31-24-42(25-32-53)47-16-9-17-50(38-47)58-39-51-13-5-7-19-57(51)60-58/h1-39H. The fourth-order valence-corrected chi connectivity index (χ4v) is 8.53. The van der Waals surface area contributed by atoms with Gasteiger partial charge in [0.15, 0.2) is 0 Å². The second-order valence-electron chi connectivity index (χ2n) is 15.4. The van der Waals surface area contributed by atoms with Gasteiger partial charge in [-0.2, -0.15) is 0 Å². The second-order valence-corrected chi connectivity index (χ2v) is 15.4. The van der Waals surface area contributed by atoms with Crippen LogP contribution in [0.25, 0.3) is 88.3 Å². The fourth-order valence-electron chi connectivity index (χ4n) is 8.53. The molecule has 0 saturated heterocycles. The molecule has 0 aliphatic carbocycles. The van der Waals surface area contributed by atoms with E-state index in [4.69, 9.17) is 4.42 Å². The minimum atomic E-state index is 0.872. The van der Waals surface area contributed by atoms with Gasteiger partial charge in [0.25, 0.3) is 0 Å². The molecule has 1 aromatic heterocycles. The highest BCUT2D eigenvalue weighted by atomic mass is 16.3. The lowest BCUT2D eigenvalue weighted by molar-refractivity contribution is 0.631. The normalized spacial score (nSPS) is 11.3. The molecular formula is C58H39NO. The van der Waals surface area contributed by atoms with Gasteiger partial charge in [0.2, 0.25) is 0 Å². The van der Waals surface area contributed by atoms with Crippen molar-refractivity contribution in [2.24, 2.45) is 0 Å². The molecule has 0 atom stereocenters. The second kappa shape index (κ2) is 15.1. The van der Waals surface area contributed by atoms with E-state index in [2.05, 4.69) is 223 Å². The summed E-state index contributed by atoms with van der Waals surface area (Å²) in [7, 11) is 0. The van der Waals surface area contributed by atoms with E-state index in [1.54, 1.807) is 0 Å². The molecule has 0 amide bonds. The largest absolute Gasteiger partial charge is 0.456 e. The van der Waals surface area contributed by atoms with Gasteiger partial charge >= 0.3 is 0 Å². The first-order chi connectivity index (χ1) is 29.7. The first-order valence-electron chi connectivity index (χ1n) is 20.5. The Kier molecular flexibility index (Phi) is 8.87.